The lowest BCUT2D eigenvalue weighted by molar-refractivity contribution is 0.0496. The van der Waals surface area contributed by atoms with Crippen LogP contribution in [0.5, 0.6) is 11.5 Å². The third kappa shape index (κ3) is 9.76. The highest BCUT2D eigenvalue weighted by molar-refractivity contribution is 5.91. The van der Waals surface area contributed by atoms with Crippen LogP contribution < -0.4 is 9.47 Å². The van der Waals surface area contributed by atoms with E-state index in [1.54, 1.807) is 0 Å². The Balaban J connectivity index is 1.66. The summed E-state index contributed by atoms with van der Waals surface area (Å²) in [6.07, 6.45) is 11.2. The summed E-state index contributed by atoms with van der Waals surface area (Å²) in [5.74, 6) is 1.35. The largest absolute Gasteiger partial charge is 0.490 e. The normalized spacial score (nSPS) is 10.7. The molecule has 0 atom stereocenters. The van der Waals surface area contributed by atoms with E-state index in [2.05, 4.69) is 6.92 Å². The van der Waals surface area contributed by atoms with Crippen LogP contribution in [0.1, 0.15) is 86.2 Å². The number of carbonyl (C=O) groups is 1. The van der Waals surface area contributed by atoms with E-state index in [4.69, 9.17) is 14.2 Å². The molecule has 4 nitrogen and oxygen atoms in total. The maximum atomic E-state index is 12.5. The lowest BCUT2D eigenvalue weighted by Crippen LogP contribution is -2.12. The minimum Gasteiger partial charge on any atom is -0.490 e. The molecule has 0 spiro atoms. The zero-order chi connectivity index (χ0) is 23.0. The average Bonchev–Trinajstić information content (AvgIpc) is 2.80. The number of para-hydroxylation sites is 1. The number of rotatable bonds is 16. The monoisotopic (exact) mass is 440 g/mol. The fourth-order valence-corrected chi connectivity index (χ4v) is 3.65. The van der Waals surface area contributed by atoms with Gasteiger partial charge in [0.1, 0.15) is 24.7 Å². The molecule has 0 fully saturated rings. The number of unbranched alkanes of at least 4 members (excludes halogenated alkanes) is 8. The van der Waals surface area contributed by atoms with E-state index in [0.29, 0.717) is 25.4 Å². The van der Waals surface area contributed by atoms with Gasteiger partial charge in [0.15, 0.2) is 0 Å². The van der Waals surface area contributed by atoms with Gasteiger partial charge in [-0.2, -0.15) is 0 Å². The molecule has 32 heavy (non-hydrogen) atoms. The number of hydrogen-bond acceptors (Lipinski definition) is 4. The van der Waals surface area contributed by atoms with Crippen LogP contribution in [-0.2, 0) is 4.74 Å². The van der Waals surface area contributed by atoms with Gasteiger partial charge in [0, 0.05) is 0 Å². The molecular formula is C28H40O4. The summed E-state index contributed by atoms with van der Waals surface area (Å²) < 4.78 is 17.0. The summed E-state index contributed by atoms with van der Waals surface area (Å²) in [5.41, 5.74) is 2.41. The molecule has 0 bridgehead atoms. The van der Waals surface area contributed by atoms with Gasteiger partial charge >= 0.3 is 5.97 Å². The molecule has 0 saturated carbocycles. The van der Waals surface area contributed by atoms with Gasteiger partial charge in [-0.15, -0.1) is 0 Å². The predicted molar refractivity (Wildman–Crippen MR) is 131 cm³/mol. The highest BCUT2D eigenvalue weighted by Gasteiger charge is 2.14. The third-order valence-corrected chi connectivity index (χ3v) is 5.58. The Labute approximate surface area is 194 Å². The Morgan fingerprint density at radius 3 is 2.03 bits per heavy atom. The van der Waals surface area contributed by atoms with Crippen molar-refractivity contribution in [2.24, 2.45) is 0 Å². The van der Waals surface area contributed by atoms with E-state index >= 15 is 0 Å². The second kappa shape index (κ2) is 15.3. The first-order valence-electron chi connectivity index (χ1n) is 12.2. The van der Waals surface area contributed by atoms with Crippen molar-refractivity contribution in [2.75, 3.05) is 19.8 Å². The molecule has 0 N–H and O–H groups in total. The Kier molecular flexibility index (Phi) is 12.3. The zero-order valence-corrected chi connectivity index (χ0v) is 20.2. The molecule has 176 valence electrons. The molecular weight excluding hydrogens is 400 g/mol. The van der Waals surface area contributed by atoms with Crippen molar-refractivity contribution in [2.45, 2.75) is 78.6 Å². The first-order chi connectivity index (χ1) is 15.6. The van der Waals surface area contributed by atoms with Crippen molar-refractivity contribution >= 4 is 5.97 Å². The number of hydrogen-bond donors (Lipinski definition) is 0. The number of benzene rings is 2. The van der Waals surface area contributed by atoms with Crippen LogP contribution in [0.15, 0.2) is 42.5 Å². The van der Waals surface area contributed by atoms with Crippen molar-refractivity contribution in [3.05, 3.63) is 59.2 Å². The van der Waals surface area contributed by atoms with Crippen LogP contribution in [0.4, 0.5) is 0 Å². The maximum Gasteiger partial charge on any atom is 0.338 e. The smallest absolute Gasteiger partial charge is 0.338 e. The van der Waals surface area contributed by atoms with Crippen LogP contribution in [0.25, 0.3) is 0 Å². The molecule has 0 unspecified atom stereocenters. The Morgan fingerprint density at radius 2 is 1.34 bits per heavy atom. The van der Waals surface area contributed by atoms with E-state index in [9.17, 15) is 4.79 Å². The Hall–Kier alpha value is -2.49. The van der Waals surface area contributed by atoms with Crippen LogP contribution in [0.3, 0.4) is 0 Å². The molecule has 2 aromatic rings. The highest BCUT2D eigenvalue weighted by Crippen LogP contribution is 2.24. The molecule has 4 heteroatoms. The third-order valence-electron chi connectivity index (χ3n) is 5.58. The quantitative estimate of drug-likeness (QED) is 0.201. The standard InChI is InChI=1S/C28H40O4/c1-4-5-6-7-8-9-10-11-15-18-32-28(29)26-21-24(3)27(22-23(26)2)31-20-19-30-25-16-13-12-14-17-25/h12-14,16-17,21-22H,4-11,15,18-20H2,1-3H3. The molecule has 0 aliphatic heterocycles. The first kappa shape index (κ1) is 25.8. The van der Waals surface area contributed by atoms with E-state index in [0.717, 1.165) is 35.5 Å². The highest BCUT2D eigenvalue weighted by atomic mass is 16.5. The number of ether oxygens (including phenoxy) is 3. The van der Waals surface area contributed by atoms with Crippen LogP contribution >= 0.6 is 0 Å². The maximum absolute atomic E-state index is 12.5. The fraction of sp³-hybridized carbons (Fsp3) is 0.536. The number of carbonyl (C=O) groups excluding carboxylic acids is 1. The minimum absolute atomic E-state index is 0.246. The van der Waals surface area contributed by atoms with Crippen LogP contribution in [-0.4, -0.2) is 25.8 Å². The average molecular weight is 441 g/mol. The Morgan fingerprint density at radius 1 is 0.719 bits per heavy atom. The van der Waals surface area contributed by atoms with Gasteiger partial charge in [-0.1, -0.05) is 76.5 Å². The Bertz CT molecular complexity index is 786. The lowest BCUT2D eigenvalue weighted by Gasteiger charge is -2.14. The van der Waals surface area contributed by atoms with Crippen molar-refractivity contribution < 1.29 is 19.0 Å². The number of esters is 1. The fourth-order valence-electron chi connectivity index (χ4n) is 3.65. The molecule has 0 amide bonds. The summed E-state index contributed by atoms with van der Waals surface area (Å²) in [7, 11) is 0. The van der Waals surface area contributed by atoms with Crippen molar-refractivity contribution in [3.8, 4) is 11.5 Å². The topological polar surface area (TPSA) is 44.8 Å². The van der Waals surface area contributed by atoms with E-state index in [-0.39, 0.29) is 5.97 Å². The van der Waals surface area contributed by atoms with Gasteiger partial charge < -0.3 is 14.2 Å². The summed E-state index contributed by atoms with van der Waals surface area (Å²) >= 11 is 0. The van der Waals surface area contributed by atoms with Gasteiger partial charge in [-0.05, 0) is 55.7 Å². The molecule has 0 aliphatic carbocycles. The summed E-state index contributed by atoms with van der Waals surface area (Å²) in [6.45, 7) is 7.51. The minimum atomic E-state index is -0.246. The van der Waals surface area contributed by atoms with Gasteiger partial charge in [-0.3, -0.25) is 0 Å². The molecule has 0 aliphatic rings. The molecule has 2 rings (SSSR count). The van der Waals surface area contributed by atoms with Crippen LogP contribution in [0.2, 0.25) is 0 Å². The molecule has 2 aromatic carbocycles. The van der Waals surface area contributed by atoms with Gasteiger partial charge in [-0.25, -0.2) is 4.79 Å². The zero-order valence-electron chi connectivity index (χ0n) is 20.2. The number of aryl methyl sites for hydroxylation is 2. The second-order valence-corrected chi connectivity index (χ2v) is 8.41. The SMILES string of the molecule is CCCCCCCCCCCOC(=O)c1cc(C)c(OCCOc2ccccc2)cc1C. The van der Waals surface area contributed by atoms with Crippen molar-refractivity contribution in [1.82, 2.24) is 0 Å². The second-order valence-electron chi connectivity index (χ2n) is 8.41. The van der Waals surface area contributed by atoms with Crippen LogP contribution in [0, 0.1) is 13.8 Å². The predicted octanol–water partition coefficient (Wildman–Crippen LogP) is 7.45. The van der Waals surface area contributed by atoms with E-state index < -0.39 is 0 Å². The van der Waals surface area contributed by atoms with Crippen molar-refractivity contribution in [1.29, 1.82) is 0 Å². The molecule has 0 heterocycles. The van der Waals surface area contributed by atoms with Gasteiger partial charge in [0.25, 0.3) is 0 Å². The summed E-state index contributed by atoms with van der Waals surface area (Å²) in [5, 5.41) is 0. The van der Waals surface area contributed by atoms with Crippen molar-refractivity contribution in [3.63, 3.8) is 0 Å². The summed E-state index contributed by atoms with van der Waals surface area (Å²) in [6, 6.07) is 13.5. The first-order valence-corrected chi connectivity index (χ1v) is 12.2. The molecule has 0 saturated heterocycles. The van der Waals surface area contributed by atoms with E-state index in [1.165, 1.54) is 44.9 Å². The summed E-state index contributed by atoms with van der Waals surface area (Å²) in [4.78, 5) is 12.5. The molecule has 0 aromatic heterocycles. The lowest BCUT2D eigenvalue weighted by atomic mass is 10.0. The van der Waals surface area contributed by atoms with Gasteiger partial charge in [0.05, 0.1) is 12.2 Å². The molecule has 0 radical (unpaired) electrons. The van der Waals surface area contributed by atoms with Gasteiger partial charge in [0.2, 0.25) is 0 Å². The van der Waals surface area contributed by atoms with E-state index in [1.807, 2.05) is 56.3 Å².